The van der Waals surface area contributed by atoms with Crippen LogP contribution in [0.1, 0.15) is 11.4 Å². The van der Waals surface area contributed by atoms with Crippen LogP contribution < -0.4 is 5.32 Å². The van der Waals surface area contributed by atoms with Crippen LogP contribution in [0.3, 0.4) is 0 Å². The van der Waals surface area contributed by atoms with E-state index in [0.29, 0.717) is 27.1 Å². The van der Waals surface area contributed by atoms with E-state index in [9.17, 15) is 9.18 Å². The van der Waals surface area contributed by atoms with Crippen molar-refractivity contribution in [2.24, 2.45) is 0 Å². The molecule has 9 heteroatoms. The molecule has 0 radical (unpaired) electrons. The smallest absolute Gasteiger partial charge is 0.248 e. The Morgan fingerprint density at radius 3 is 2.81 bits per heavy atom. The van der Waals surface area contributed by atoms with Crippen molar-refractivity contribution in [2.45, 2.75) is 6.92 Å². The molecule has 1 aromatic heterocycles. The highest BCUT2D eigenvalue weighted by Crippen LogP contribution is 2.26. The normalized spacial score (nSPS) is 11.1. The predicted octanol–water partition coefficient (Wildman–Crippen LogP) is 4.07. The van der Waals surface area contributed by atoms with Crippen LogP contribution in [0.5, 0.6) is 0 Å². The van der Waals surface area contributed by atoms with Gasteiger partial charge < -0.3 is 5.32 Å². The van der Waals surface area contributed by atoms with Crippen LogP contribution in [0.25, 0.3) is 11.8 Å². The molecule has 0 spiro atoms. The Hall–Kier alpha value is -2.77. The van der Waals surface area contributed by atoms with Crippen LogP contribution in [-0.4, -0.2) is 26.1 Å². The minimum absolute atomic E-state index is 0.00393. The van der Waals surface area contributed by atoms with Crippen molar-refractivity contribution >= 4 is 40.9 Å². The van der Waals surface area contributed by atoms with Gasteiger partial charge in [-0.2, -0.15) is 4.68 Å². The minimum atomic E-state index is -0.581. The highest BCUT2D eigenvalue weighted by Gasteiger charge is 2.10. The van der Waals surface area contributed by atoms with Gasteiger partial charge in [0, 0.05) is 6.08 Å². The number of halogens is 3. The summed E-state index contributed by atoms with van der Waals surface area (Å²) in [6, 6.07) is 9.24. The van der Waals surface area contributed by atoms with Gasteiger partial charge in [-0.25, -0.2) is 4.39 Å². The van der Waals surface area contributed by atoms with Gasteiger partial charge in [0.1, 0.15) is 5.82 Å². The zero-order valence-corrected chi connectivity index (χ0v) is 15.0. The summed E-state index contributed by atoms with van der Waals surface area (Å²) in [4.78, 5) is 12.1. The molecule has 0 bridgehead atoms. The monoisotopic (exact) mass is 391 g/mol. The highest BCUT2D eigenvalue weighted by molar-refractivity contribution is 6.42. The number of hydrogen-bond donors (Lipinski definition) is 1. The first-order valence-corrected chi connectivity index (χ1v) is 8.19. The second kappa shape index (κ2) is 7.63. The Kier molecular flexibility index (Phi) is 5.29. The van der Waals surface area contributed by atoms with E-state index in [4.69, 9.17) is 23.2 Å². The van der Waals surface area contributed by atoms with E-state index in [0.717, 1.165) is 0 Å². The van der Waals surface area contributed by atoms with E-state index >= 15 is 0 Å². The number of benzene rings is 2. The number of anilines is 1. The molecule has 1 N–H and O–H groups in total. The Morgan fingerprint density at radius 2 is 2.08 bits per heavy atom. The number of aryl methyl sites for hydroxylation is 1. The molecule has 1 amide bonds. The first kappa shape index (κ1) is 18.0. The number of hydrogen-bond acceptors (Lipinski definition) is 4. The van der Waals surface area contributed by atoms with Gasteiger partial charge >= 0.3 is 0 Å². The third kappa shape index (κ3) is 3.89. The Morgan fingerprint density at radius 1 is 1.27 bits per heavy atom. The lowest BCUT2D eigenvalue weighted by Crippen LogP contribution is -2.10. The van der Waals surface area contributed by atoms with Crippen LogP contribution >= 0.6 is 23.2 Å². The number of amides is 1. The van der Waals surface area contributed by atoms with Crippen LogP contribution in [0.4, 0.5) is 10.1 Å². The van der Waals surface area contributed by atoms with Crippen LogP contribution in [0.15, 0.2) is 42.5 Å². The van der Waals surface area contributed by atoms with Gasteiger partial charge in [0.05, 0.1) is 21.4 Å². The van der Waals surface area contributed by atoms with Crippen molar-refractivity contribution in [1.82, 2.24) is 20.2 Å². The number of carbonyl (C=O) groups excluding carboxylic acids is 1. The fraction of sp³-hybridized carbons (Fsp3) is 0.0588. The Balaban J connectivity index is 1.80. The second-order valence-corrected chi connectivity index (χ2v) is 6.05. The summed E-state index contributed by atoms with van der Waals surface area (Å²) in [5, 5.41) is 14.3. The van der Waals surface area contributed by atoms with E-state index in [-0.39, 0.29) is 5.69 Å². The molecule has 0 aliphatic carbocycles. The number of nitrogens with zero attached hydrogens (tertiary/aromatic N) is 4. The Labute approximate surface area is 158 Å². The molecule has 0 aliphatic rings. The summed E-state index contributed by atoms with van der Waals surface area (Å²) in [7, 11) is 0. The molecule has 0 aliphatic heterocycles. The van der Waals surface area contributed by atoms with Gasteiger partial charge in [-0.05, 0) is 53.3 Å². The largest absolute Gasteiger partial charge is 0.320 e. The maximum absolute atomic E-state index is 14.0. The lowest BCUT2D eigenvalue weighted by molar-refractivity contribution is -0.111. The van der Waals surface area contributed by atoms with Crippen LogP contribution in [0.2, 0.25) is 10.0 Å². The van der Waals surface area contributed by atoms with Crippen molar-refractivity contribution in [3.05, 3.63) is 69.7 Å². The maximum atomic E-state index is 14.0. The second-order valence-electron chi connectivity index (χ2n) is 5.27. The summed E-state index contributed by atoms with van der Waals surface area (Å²) in [6.07, 6.45) is 2.74. The van der Waals surface area contributed by atoms with Gasteiger partial charge in [-0.3, -0.25) is 4.79 Å². The number of aromatic nitrogens is 4. The maximum Gasteiger partial charge on any atom is 0.248 e. The zero-order chi connectivity index (χ0) is 18.7. The van der Waals surface area contributed by atoms with Crippen molar-refractivity contribution < 1.29 is 9.18 Å². The minimum Gasteiger partial charge on any atom is -0.320 e. The molecule has 3 aromatic rings. The lowest BCUT2D eigenvalue weighted by atomic mass is 10.2. The van der Waals surface area contributed by atoms with E-state index in [1.165, 1.54) is 35.0 Å². The third-order valence-corrected chi connectivity index (χ3v) is 4.31. The summed E-state index contributed by atoms with van der Waals surface area (Å²) < 4.78 is 15.4. The van der Waals surface area contributed by atoms with Gasteiger partial charge in [0.2, 0.25) is 5.91 Å². The molecule has 1 heterocycles. The Bertz CT molecular complexity index is 1000. The van der Waals surface area contributed by atoms with E-state index < -0.39 is 11.7 Å². The molecular formula is C17H12Cl2FN5O. The predicted molar refractivity (Wildman–Crippen MR) is 98.0 cm³/mol. The lowest BCUT2D eigenvalue weighted by Gasteiger charge is -2.07. The summed E-state index contributed by atoms with van der Waals surface area (Å²) in [6.45, 7) is 1.71. The topological polar surface area (TPSA) is 72.7 Å². The number of tetrazole rings is 1. The van der Waals surface area contributed by atoms with Gasteiger partial charge in [-0.15, -0.1) is 5.10 Å². The molecule has 0 atom stereocenters. The first-order chi connectivity index (χ1) is 12.5. The van der Waals surface area contributed by atoms with E-state index in [1.807, 2.05) is 0 Å². The SMILES string of the molecule is Cc1nnnn1-c1ccc(F)c(NC(=O)/C=C/c2cccc(Cl)c2Cl)c1. The third-order valence-electron chi connectivity index (χ3n) is 3.47. The fourth-order valence-electron chi connectivity index (χ4n) is 2.20. The molecule has 0 unspecified atom stereocenters. The number of nitrogens with one attached hydrogen (secondary N) is 1. The number of rotatable bonds is 4. The van der Waals surface area contributed by atoms with Crippen LogP contribution in [-0.2, 0) is 4.79 Å². The molecule has 0 saturated carbocycles. The molecule has 3 rings (SSSR count). The number of carbonyl (C=O) groups is 1. The summed E-state index contributed by atoms with van der Waals surface area (Å²) in [5.41, 5.74) is 1.10. The summed E-state index contributed by atoms with van der Waals surface area (Å²) in [5.74, 6) is -0.572. The molecule has 26 heavy (non-hydrogen) atoms. The molecular weight excluding hydrogens is 380 g/mol. The standard InChI is InChI=1S/C17H12Cl2FN5O/c1-10-22-23-24-25(10)12-6-7-14(20)15(9-12)21-16(26)8-5-11-3-2-4-13(18)17(11)19/h2-9H,1H3,(H,21,26)/b8-5+. The molecule has 2 aromatic carbocycles. The fourth-order valence-corrected chi connectivity index (χ4v) is 2.57. The summed E-state index contributed by atoms with van der Waals surface area (Å²) >= 11 is 12.0. The molecule has 132 valence electrons. The van der Waals surface area contributed by atoms with Gasteiger partial charge in [-0.1, -0.05) is 35.3 Å². The van der Waals surface area contributed by atoms with Crippen LogP contribution in [0, 0.1) is 12.7 Å². The first-order valence-electron chi connectivity index (χ1n) is 7.43. The van der Waals surface area contributed by atoms with Crippen molar-refractivity contribution in [3.8, 4) is 5.69 Å². The van der Waals surface area contributed by atoms with Crippen molar-refractivity contribution in [3.63, 3.8) is 0 Å². The average molecular weight is 392 g/mol. The molecule has 6 nitrogen and oxygen atoms in total. The average Bonchev–Trinajstić information content (AvgIpc) is 3.04. The van der Waals surface area contributed by atoms with Gasteiger partial charge in [0.15, 0.2) is 5.82 Å². The molecule has 0 saturated heterocycles. The molecule has 0 fully saturated rings. The quantitative estimate of drug-likeness (QED) is 0.680. The van der Waals surface area contributed by atoms with Gasteiger partial charge in [0.25, 0.3) is 0 Å². The highest BCUT2D eigenvalue weighted by atomic mass is 35.5. The van der Waals surface area contributed by atoms with Crippen molar-refractivity contribution in [1.29, 1.82) is 0 Å². The van der Waals surface area contributed by atoms with E-state index in [1.54, 1.807) is 25.1 Å². The van der Waals surface area contributed by atoms with E-state index in [2.05, 4.69) is 20.8 Å². The zero-order valence-electron chi connectivity index (χ0n) is 13.4. The van der Waals surface area contributed by atoms with Crippen molar-refractivity contribution in [2.75, 3.05) is 5.32 Å².